The molecular weight excluding hydrogens is 266 g/mol. The Morgan fingerprint density at radius 3 is 2.74 bits per heavy atom. The number of nitrogens with one attached hydrogen (secondary N) is 1. The molecule has 2 bridgehead atoms. The van der Waals surface area contributed by atoms with Crippen LogP contribution in [0, 0.1) is 11.8 Å². The lowest BCUT2D eigenvalue weighted by Gasteiger charge is -2.27. The molecule has 5 nitrogen and oxygen atoms in total. The Morgan fingerprint density at radius 2 is 2.11 bits per heavy atom. The van der Waals surface area contributed by atoms with Gasteiger partial charge in [0.2, 0.25) is 5.91 Å². The monoisotopic (exact) mass is 280 g/mol. The van der Waals surface area contributed by atoms with Crippen molar-refractivity contribution in [2.45, 2.75) is 31.6 Å². The van der Waals surface area contributed by atoms with Crippen LogP contribution in [-0.4, -0.2) is 24.1 Å². The van der Waals surface area contributed by atoms with Gasteiger partial charge in [0, 0.05) is 16.8 Å². The van der Waals surface area contributed by atoms with Crippen LogP contribution in [-0.2, 0) is 20.9 Å². The van der Waals surface area contributed by atoms with Crippen molar-refractivity contribution >= 4 is 23.2 Å². The molecule has 0 aromatic carbocycles. The van der Waals surface area contributed by atoms with Gasteiger partial charge >= 0.3 is 0 Å². The molecule has 102 valence electrons. The number of carbonyl (C=O) groups is 2. The molecule has 2 aliphatic rings. The summed E-state index contributed by atoms with van der Waals surface area (Å²) in [5.41, 5.74) is 0. The lowest BCUT2D eigenvalue weighted by Crippen LogP contribution is -2.47. The van der Waals surface area contributed by atoms with Crippen LogP contribution in [0.15, 0.2) is 17.5 Å². The Hall–Kier alpha value is -1.40. The number of ether oxygens (including phenoxy) is 1. The summed E-state index contributed by atoms with van der Waals surface area (Å²) in [5.74, 6) is -2.83. The van der Waals surface area contributed by atoms with Crippen LogP contribution in [0.1, 0.15) is 17.7 Å². The highest BCUT2D eigenvalue weighted by Crippen LogP contribution is 2.43. The number of rotatable bonds is 4. The standard InChI is InChI=1S/C13H15NO4S/c15-12(14-6-7-2-1-5-19-7)10-8-3-4-9(18-8)11(10)13(16)17/h1-2,5,8-11H,3-4,6H2,(H,14,15)(H,16,17)/p-1/t8-,9+,10-,11-/m0/s1. The minimum atomic E-state index is -1.18. The Balaban J connectivity index is 1.66. The molecule has 6 heteroatoms. The Morgan fingerprint density at radius 1 is 1.37 bits per heavy atom. The second-order valence-corrected chi connectivity index (χ2v) is 5.99. The zero-order chi connectivity index (χ0) is 13.4. The van der Waals surface area contributed by atoms with Crippen LogP contribution in [0.3, 0.4) is 0 Å². The predicted molar refractivity (Wildman–Crippen MR) is 66.0 cm³/mol. The quantitative estimate of drug-likeness (QED) is 0.836. The number of hydrogen-bond donors (Lipinski definition) is 1. The van der Waals surface area contributed by atoms with E-state index in [1.807, 2.05) is 17.5 Å². The van der Waals surface area contributed by atoms with E-state index in [0.29, 0.717) is 13.0 Å². The van der Waals surface area contributed by atoms with E-state index in [1.165, 1.54) is 0 Å². The molecular formula is C13H14NO4S-. The maximum atomic E-state index is 12.2. The van der Waals surface area contributed by atoms with Crippen molar-refractivity contribution in [3.05, 3.63) is 22.4 Å². The van der Waals surface area contributed by atoms with E-state index in [0.717, 1.165) is 11.3 Å². The number of fused-ring (bicyclic) bond motifs is 2. The first-order chi connectivity index (χ1) is 9.16. The van der Waals surface area contributed by atoms with Crippen molar-refractivity contribution < 1.29 is 19.4 Å². The summed E-state index contributed by atoms with van der Waals surface area (Å²) in [5, 5.41) is 15.9. The zero-order valence-electron chi connectivity index (χ0n) is 10.2. The first-order valence-corrected chi connectivity index (χ1v) is 7.21. The second kappa shape index (κ2) is 4.94. The van der Waals surface area contributed by atoms with Gasteiger partial charge in [-0.1, -0.05) is 6.07 Å². The van der Waals surface area contributed by atoms with E-state index in [4.69, 9.17) is 4.74 Å². The van der Waals surface area contributed by atoms with Gasteiger partial charge in [0.25, 0.3) is 0 Å². The van der Waals surface area contributed by atoms with Crippen molar-refractivity contribution in [1.82, 2.24) is 5.32 Å². The Kier molecular flexibility index (Phi) is 3.28. The van der Waals surface area contributed by atoms with Gasteiger partial charge in [0.15, 0.2) is 0 Å². The lowest BCUT2D eigenvalue weighted by atomic mass is 9.79. The Bertz CT molecular complexity index is 487. The van der Waals surface area contributed by atoms with Crippen LogP contribution in [0.2, 0.25) is 0 Å². The third-order valence-corrected chi connectivity index (χ3v) is 4.74. The highest BCUT2D eigenvalue weighted by Gasteiger charge is 2.52. The average molecular weight is 280 g/mol. The van der Waals surface area contributed by atoms with Crippen molar-refractivity contribution in [1.29, 1.82) is 0 Å². The number of amides is 1. The first kappa shape index (κ1) is 12.6. The van der Waals surface area contributed by atoms with Gasteiger partial charge in [-0.15, -0.1) is 11.3 Å². The molecule has 2 aliphatic heterocycles. The number of thiophene rings is 1. The zero-order valence-corrected chi connectivity index (χ0v) is 11.0. The summed E-state index contributed by atoms with van der Waals surface area (Å²) in [6.07, 6.45) is 0.840. The Labute approximate surface area is 114 Å². The average Bonchev–Trinajstić information content (AvgIpc) is 3.10. The molecule has 0 aliphatic carbocycles. The molecule has 1 aromatic rings. The summed E-state index contributed by atoms with van der Waals surface area (Å²) in [7, 11) is 0. The van der Waals surface area contributed by atoms with Crippen molar-refractivity contribution in [3.63, 3.8) is 0 Å². The molecule has 3 rings (SSSR count). The van der Waals surface area contributed by atoms with E-state index in [-0.39, 0.29) is 18.1 Å². The van der Waals surface area contributed by atoms with Gasteiger partial charge < -0.3 is 20.0 Å². The molecule has 0 saturated carbocycles. The molecule has 3 heterocycles. The van der Waals surface area contributed by atoms with E-state index < -0.39 is 17.8 Å². The van der Waals surface area contributed by atoms with Crippen LogP contribution in [0.4, 0.5) is 0 Å². The fourth-order valence-corrected chi connectivity index (χ4v) is 3.66. The van der Waals surface area contributed by atoms with Crippen LogP contribution in [0.25, 0.3) is 0 Å². The van der Waals surface area contributed by atoms with Gasteiger partial charge in [-0.25, -0.2) is 0 Å². The molecule has 1 aromatic heterocycles. The molecule has 0 unspecified atom stereocenters. The molecule has 2 saturated heterocycles. The molecule has 0 spiro atoms. The molecule has 2 fully saturated rings. The van der Waals surface area contributed by atoms with Gasteiger partial charge in [-0.3, -0.25) is 4.79 Å². The van der Waals surface area contributed by atoms with E-state index in [1.54, 1.807) is 11.3 Å². The maximum Gasteiger partial charge on any atom is 0.226 e. The predicted octanol–water partition coefficient (Wildman–Crippen LogP) is -0.0922. The van der Waals surface area contributed by atoms with Crippen LogP contribution < -0.4 is 10.4 Å². The van der Waals surface area contributed by atoms with Gasteiger partial charge in [0.1, 0.15) is 0 Å². The van der Waals surface area contributed by atoms with Gasteiger partial charge in [-0.05, 0) is 24.3 Å². The fraction of sp³-hybridized carbons (Fsp3) is 0.538. The lowest BCUT2D eigenvalue weighted by molar-refractivity contribution is -0.314. The maximum absolute atomic E-state index is 12.2. The largest absolute Gasteiger partial charge is 0.550 e. The van der Waals surface area contributed by atoms with Crippen molar-refractivity contribution in [3.8, 4) is 0 Å². The third kappa shape index (κ3) is 2.26. The van der Waals surface area contributed by atoms with Crippen LogP contribution in [0.5, 0.6) is 0 Å². The molecule has 1 N–H and O–H groups in total. The first-order valence-electron chi connectivity index (χ1n) is 6.33. The summed E-state index contributed by atoms with van der Waals surface area (Å²) < 4.78 is 5.54. The summed E-state index contributed by atoms with van der Waals surface area (Å²) in [4.78, 5) is 24.4. The number of aliphatic carboxylic acids is 1. The second-order valence-electron chi connectivity index (χ2n) is 4.96. The SMILES string of the molecule is O=C(NCc1cccs1)[C@@H]1[C@@H](C(=O)[O-])[C@H]2CC[C@@H]1O2. The minimum absolute atomic E-state index is 0.241. The summed E-state index contributed by atoms with van der Waals surface area (Å²) >= 11 is 1.56. The molecule has 4 atom stereocenters. The smallest absolute Gasteiger partial charge is 0.226 e. The minimum Gasteiger partial charge on any atom is -0.550 e. The number of carbonyl (C=O) groups excluding carboxylic acids is 2. The van der Waals surface area contributed by atoms with Gasteiger partial charge in [-0.2, -0.15) is 0 Å². The van der Waals surface area contributed by atoms with Crippen LogP contribution >= 0.6 is 11.3 Å². The highest BCUT2D eigenvalue weighted by molar-refractivity contribution is 7.09. The number of hydrogen-bond acceptors (Lipinski definition) is 5. The van der Waals surface area contributed by atoms with Crippen molar-refractivity contribution in [2.24, 2.45) is 11.8 Å². The van der Waals surface area contributed by atoms with E-state index >= 15 is 0 Å². The summed E-state index contributed by atoms with van der Waals surface area (Å²) in [6, 6.07) is 3.84. The third-order valence-electron chi connectivity index (χ3n) is 3.87. The van der Waals surface area contributed by atoms with E-state index in [2.05, 4.69) is 5.32 Å². The normalized spacial score (nSPS) is 32.4. The molecule has 0 radical (unpaired) electrons. The van der Waals surface area contributed by atoms with Crippen molar-refractivity contribution in [2.75, 3.05) is 0 Å². The molecule has 1 amide bonds. The fourth-order valence-electron chi connectivity index (χ4n) is 3.02. The van der Waals surface area contributed by atoms with Gasteiger partial charge in [0.05, 0.1) is 24.7 Å². The summed E-state index contributed by atoms with van der Waals surface area (Å²) in [6.45, 7) is 0.435. The van der Waals surface area contributed by atoms with E-state index in [9.17, 15) is 14.7 Å². The highest BCUT2D eigenvalue weighted by atomic mass is 32.1. The number of carboxylic acids is 1. The molecule has 19 heavy (non-hydrogen) atoms. The number of carboxylic acid groups (broad SMARTS) is 1. The topological polar surface area (TPSA) is 78.5 Å².